The van der Waals surface area contributed by atoms with Gasteiger partial charge in [0.1, 0.15) is 0 Å². The van der Waals surface area contributed by atoms with E-state index in [4.69, 9.17) is 0 Å². The Hall–Kier alpha value is -1.21. The highest BCUT2D eigenvalue weighted by Crippen LogP contribution is 2.19. The molecule has 0 amide bonds. The highest BCUT2D eigenvalue weighted by Gasteiger charge is 2.25. The van der Waals surface area contributed by atoms with Gasteiger partial charge in [0.2, 0.25) is 16.0 Å². The molecule has 0 aliphatic carbocycles. The van der Waals surface area contributed by atoms with Gasteiger partial charge in [0.25, 0.3) is 0 Å². The number of aromatic nitrogens is 2. The van der Waals surface area contributed by atoms with Crippen LogP contribution in [0.15, 0.2) is 18.5 Å². The first-order valence-electron chi connectivity index (χ1n) is 6.43. The molecule has 1 aromatic rings. The van der Waals surface area contributed by atoms with E-state index in [-0.39, 0.29) is 6.04 Å². The van der Waals surface area contributed by atoms with Crippen molar-refractivity contribution in [3.05, 3.63) is 18.5 Å². The summed E-state index contributed by atoms with van der Waals surface area (Å²) >= 11 is 0. The lowest BCUT2D eigenvalue weighted by Crippen LogP contribution is -2.37. The van der Waals surface area contributed by atoms with Crippen molar-refractivity contribution in [2.75, 3.05) is 31.3 Å². The lowest BCUT2D eigenvalue weighted by molar-refractivity contribution is 0.344. The molecule has 1 aromatic heterocycles. The van der Waals surface area contributed by atoms with E-state index in [0.717, 1.165) is 38.3 Å². The van der Waals surface area contributed by atoms with Crippen molar-refractivity contribution in [3.8, 4) is 0 Å². The topological polar surface area (TPSA) is 66.4 Å². The number of sulfonamides is 1. The number of nitrogens with zero attached hydrogens (tertiary/aromatic N) is 4. The van der Waals surface area contributed by atoms with E-state index in [1.807, 2.05) is 0 Å². The Bertz CT molecular complexity index is 506. The van der Waals surface area contributed by atoms with Crippen molar-refractivity contribution in [1.82, 2.24) is 14.3 Å². The van der Waals surface area contributed by atoms with E-state index in [1.54, 1.807) is 25.5 Å². The van der Waals surface area contributed by atoms with Crippen molar-refractivity contribution >= 4 is 16.0 Å². The monoisotopic (exact) mass is 284 g/mol. The first kappa shape index (κ1) is 14.2. The van der Waals surface area contributed by atoms with E-state index in [9.17, 15) is 8.42 Å². The van der Waals surface area contributed by atoms with Crippen LogP contribution in [-0.4, -0.2) is 55.1 Å². The van der Waals surface area contributed by atoms with Crippen molar-refractivity contribution < 1.29 is 8.42 Å². The summed E-state index contributed by atoms with van der Waals surface area (Å²) in [5.41, 5.74) is 0. The molecule has 0 aromatic carbocycles. The van der Waals surface area contributed by atoms with Crippen molar-refractivity contribution in [1.29, 1.82) is 0 Å². The van der Waals surface area contributed by atoms with Gasteiger partial charge in [-0.15, -0.1) is 0 Å². The average Bonchev–Trinajstić information content (AvgIpc) is 2.63. The zero-order valence-corrected chi connectivity index (χ0v) is 12.2. The second kappa shape index (κ2) is 5.83. The summed E-state index contributed by atoms with van der Waals surface area (Å²) in [7, 11) is -1.46. The van der Waals surface area contributed by atoms with Gasteiger partial charge < -0.3 is 4.90 Å². The Morgan fingerprint density at radius 1 is 1.26 bits per heavy atom. The molecule has 6 nitrogen and oxygen atoms in total. The smallest absolute Gasteiger partial charge is 0.225 e. The molecule has 0 bridgehead atoms. The van der Waals surface area contributed by atoms with Gasteiger partial charge >= 0.3 is 0 Å². The second-order valence-electron chi connectivity index (χ2n) is 4.90. The third-order valence-electron chi connectivity index (χ3n) is 3.57. The van der Waals surface area contributed by atoms with Crippen LogP contribution in [0.2, 0.25) is 0 Å². The molecule has 1 aliphatic heterocycles. The summed E-state index contributed by atoms with van der Waals surface area (Å²) in [6, 6.07) is 1.87. The molecule has 1 atom stereocenters. The third-order valence-corrected chi connectivity index (χ3v) is 4.91. The predicted molar refractivity (Wildman–Crippen MR) is 74.5 cm³/mol. The van der Waals surface area contributed by atoms with Crippen LogP contribution in [0.3, 0.4) is 0 Å². The first-order valence-corrected chi connectivity index (χ1v) is 8.28. The largest absolute Gasteiger partial charge is 0.341 e. The van der Waals surface area contributed by atoms with Crippen LogP contribution in [0.1, 0.15) is 19.3 Å². The van der Waals surface area contributed by atoms with Gasteiger partial charge in [-0.05, 0) is 25.3 Å². The van der Waals surface area contributed by atoms with Gasteiger partial charge in [-0.25, -0.2) is 22.7 Å². The van der Waals surface area contributed by atoms with Crippen molar-refractivity contribution in [3.63, 3.8) is 0 Å². The first-order chi connectivity index (χ1) is 8.98. The fourth-order valence-corrected chi connectivity index (χ4v) is 3.12. The molecule has 0 N–H and O–H groups in total. The molecule has 2 rings (SSSR count). The molecule has 1 aliphatic rings. The third kappa shape index (κ3) is 3.63. The molecule has 1 saturated heterocycles. The van der Waals surface area contributed by atoms with Crippen LogP contribution in [0.4, 0.5) is 5.95 Å². The standard InChI is InChI=1S/C12H20N4O2S/c1-15(19(2,17)18)11-5-3-9-16(10-6-11)12-13-7-4-8-14-12/h4,7-8,11H,3,5-6,9-10H2,1-2H3. The SMILES string of the molecule is CN(C1CCCN(c2ncccn2)CC1)S(C)(=O)=O. The minimum absolute atomic E-state index is 0.0729. The van der Waals surface area contributed by atoms with Crippen LogP contribution >= 0.6 is 0 Å². The Labute approximate surface area is 114 Å². The fourth-order valence-electron chi connectivity index (χ4n) is 2.37. The van der Waals surface area contributed by atoms with Gasteiger partial charge in [-0.1, -0.05) is 0 Å². The molecule has 19 heavy (non-hydrogen) atoms. The molecule has 1 unspecified atom stereocenters. The number of anilines is 1. The molecular weight excluding hydrogens is 264 g/mol. The van der Waals surface area contributed by atoms with E-state index < -0.39 is 10.0 Å². The van der Waals surface area contributed by atoms with Gasteiger partial charge in [0.15, 0.2) is 0 Å². The summed E-state index contributed by atoms with van der Waals surface area (Å²) in [4.78, 5) is 10.6. The maximum atomic E-state index is 11.6. The number of hydrogen-bond donors (Lipinski definition) is 0. The summed E-state index contributed by atoms with van der Waals surface area (Å²) in [6.07, 6.45) is 7.36. The highest BCUT2D eigenvalue weighted by atomic mass is 32.2. The molecular formula is C12H20N4O2S. The molecule has 0 radical (unpaired) electrons. The fraction of sp³-hybridized carbons (Fsp3) is 0.667. The quantitative estimate of drug-likeness (QED) is 0.818. The summed E-state index contributed by atoms with van der Waals surface area (Å²) < 4.78 is 24.7. The van der Waals surface area contributed by atoms with E-state index in [2.05, 4.69) is 14.9 Å². The minimum atomic E-state index is -3.12. The molecule has 2 heterocycles. The van der Waals surface area contributed by atoms with E-state index >= 15 is 0 Å². The predicted octanol–water partition coefficient (Wildman–Crippen LogP) is 0.727. The lowest BCUT2D eigenvalue weighted by Gasteiger charge is -2.25. The Balaban J connectivity index is 2.03. The normalized spacial score (nSPS) is 21.4. The van der Waals surface area contributed by atoms with E-state index in [0.29, 0.717) is 0 Å². The van der Waals surface area contributed by atoms with Crippen LogP contribution in [0, 0.1) is 0 Å². The maximum absolute atomic E-state index is 11.6. The Morgan fingerprint density at radius 2 is 1.95 bits per heavy atom. The Morgan fingerprint density at radius 3 is 2.58 bits per heavy atom. The zero-order chi connectivity index (χ0) is 13.9. The zero-order valence-electron chi connectivity index (χ0n) is 11.4. The van der Waals surface area contributed by atoms with Gasteiger partial charge in [-0.2, -0.15) is 0 Å². The number of hydrogen-bond acceptors (Lipinski definition) is 5. The lowest BCUT2D eigenvalue weighted by atomic mass is 10.1. The van der Waals surface area contributed by atoms with Crippen LogP contribution in [0.5, 0.6) is 0 Å². The molecule has 106 valence electrons. The van der Waals surface area contributed by atoms with Crippen LogP contribution < -0.4 is 4.90 Å². The number of rotatable bonds is 3. The van der Waals surface area contributed by atoms with Gasteiger partial charge in [-0.3, -0.25) is 0 Å². The van der Waals surface area contributed by atoms with Crippen LogP contribution in [0.25, 0.3) is 0 Å². The summed E-state index contributed by atoms with van der Waals surface area (Å²) in [5.74, 6) is 0.727. The van der Waals surface area contributed by atoms with Gasteiger partial charge in [0.05, 0.1) is 6.26 Å². The van der Waals surface area contributed by atoms with Crippen LogP contribution in [-0.2, 0) is 10.0 Å². The van der Waals surface area contributed by atoms with E-state index in [1.165, 1.54) is 10.6 Å². The molecule has 0 saturated carbocycles. The van der Waals surface area contributed by atoms with Gasteiger partial charge in [0, 0.05) is 38.6 Å². The molecule has 7 heteroatoms. The Kier molecular flexibility index (Phi) is 4.36. The molecule has 0 spiro atoms. The highest BCUT2D eigenvalue weighted by molar-refractivity contribution is 7.88. The molecule has 1 fully saturated rings. The average molecular weight is 284 g/mol. The summed E-state index contributed by atoms with van der Waals surface area (Å²) in [6.45, 7) is 1.66. The maximum Gasteiger partial charge on any atom is 0.225 e. The summed E-state index contributed by atoms with van der Waals surface area (Å²) in [5, 5.41) is 0. The second-order valence-corrected chi connectivity index (χ2v) is 6.94. The van der Waals surface area contributed by atoms with Crippen molar-refractivity contribution in [2.24, 2.45) is 0 Å². The van der Waals surface area contributed by atoms with Crippen molar-refractivity contribution in [2.45, 2.75) is 25.3 Å². The minimum Gasteiger partial charge on any atom is -0.341 e.